The number of hydrogen-bond acceptors (Lipinski definition) is 6. The van der Waals surface area contributed by atoms with E-state index in [0.717, 1.165) is 44.2 Å². The Balaban J connectivity index is 1.20. The van der Waals surface area contributed by atoms with E-state index in [-0.39, 0.29) is 12.6 Å². The number of nitrogens with one attached hydrogen (secondary N) is 1. The van der Waals surface area contributed by atoms with E-state index in [1.54, 1.807) is 42.2 Å². The summed E-state index contributed by atoms with van der Waals surface area (Å²) in [6, 6.07) is 13.1. The molecule has 0 radical (unpaired) electrons. The first kappa shape index (κ1) is 28.5. The maximum Gasteiger partial charge on any atom is 0.349 e. The van der Waals surface area contributed by atoms with Crippen LogP contribution in [0.1, 0.15) is 42.9 Å². The molecular weight excluding hydrogens is 564 g/mol. The van der Waals surface area contributed by atoms with E-state index in [2.05, 4.69) is 20.3 Å². The first-order chi connectivity index (χ1) is 20.2. The van der Waals surface area contributed by atoms with Gasteiger partial charge in [0.2, 0.25) is 0 Å². The standard InChI is InChI=1S/C31H32ClF2N5O3/c1-38-29-21(17-35-38)6-12-25(36-29)19-4-8-22(9-5-19)31(33,34)30(41)37-26(18-39-14-2-3-15-39)28(40)20-7-13-27(24(32)16-20)42-23-10-11-23/h4-9,12-13,16-17,23,26,28,40H,2-3,10-11,14-15,18H2,1H3,(H,37,41)/t26-,28-/m1/s1. The van der Waals surface area contributed by atoms with E-state index in [4.69, 9.17) is 16.3 Å². The number of amides is 1. The zero-order valence-corrected chi connectivity index (χ0v) is 23.9. The lowest BCUT2D eigenvalue weighted by atomic mass is 9.99. The number of aromatic nitrogens is 3. The summed E-state index contributed by atoms with van der Waals surface area (Å²) in [6.45, 7) is 1.76. The number of benzene rings is 2. The molecule has 42 heavy (non-hydrogen) atoms. The number of halogens is 3. The van der Waals surface area contributed by atoms with Crippen LogP contribution >= 0.6 is 11.6 Å². The number of aliphatic hydroxyl groups is 1. The van der Waals surface area contributed by atoms with Crippen molar-refractivity contribution >= 4 is 28.5 Å². The number of carbonyl (C=O) groups is 1. The Morgan fingerprint density at radius 1 is 1.14 bits per heavy atom. The third-order valence-electron chi connectivity index (χ3n) is 7.88. The van der Waals surface area contributed by atoms with Crippen LogP contribution in [0.15, 0.2) is 60.8 Å². The molecule has 2 fully saturated rings. The Kier molecular flexibility index (Phi) is 7.87. The predicted octanol–water partition coefficient (Wildman–Crippen LogP) is 5.24. The van der Waals surface area contributed by atoms with E-state index >= 15 is 8.78 Å². The molecule has 8 nitrogen and oxygen atoms in total. The van der Waals surface area contributed by atoms with Gasteiger partial charge in [-0.05, 0) is 68.6 Å². The van der Waals surface area contributed by atoms with Crippen molar-refractivity contribution in [2.75, 3.05) is 19.6 Å². The largest absolute Gasteiger partial charge is 0.489 e. The molecule has 1 aliphatic carbocycles. The van der Waals surface area contributed by atoms with Gasteiger partial charge in [-0.2, -0.15) is 13.9 Å². The lowest BCUT2D eigenvalue weighted by molar-refractivity contribution is -0.149. The van der Waals surface area contributed by atoms with Crippen LogP contribution in [0.5, 0.6) is 5.75 Å². The van der Waals surface area contributed by atoms with Gasteiger partial charge in [-0.1, -0.05) is 41.9 Å². The Morgan fingerprint density at radius 3 is 2.57 bits per heavy atom. The maximum absolute atomic E-state index is 15.5. The highest BCUT2D eigenvalue weighted by molar-refractivity contribution is 6.32. The lowest BCUT2D eigenvalue weighted by Gasteiger charge is -2.30. The second-order valence-corrected chi connectivity index (χ2v) is 11.5. The van der Waals surface area contributed by atoms with Crippen LogP contribution in [-0.4, -0.2) is 62.5 Å². The van der Waals surface area contributed by atoms with Gasteiger partial charge in [-0.25, -0.2) is 4.98 Å². The lowest BCUT2D eigenvalue weighted by Crippen LogP contribution is -2.50. The number of aliphatic hydroxyl groups excluding tert-OH is 1. The molecule has 1 aliphatic heterocycles. The van der Waals surface area contributed by atoms with Crippen LogP contribution in [-0.2, 0) is 17.8 Å². The molecule has 2 aromatic carbocycles. The summed E-state index contributed by atoms with van der Waals surface area (Å²) in [7, 11) is 1.78. The summed E-state index contributed by atoms with van der Waals surface area (Å²) >= 11 is 6.40. The number of aryl methyl sites for hydroxylation is 1. The van der Waals surface area contributed by atoms with Crippen molar-refractivity contribution in [3.8, 4) is 17.0 Å². The van der Waals surface area contributed by atoms with Gasteiger partial charge in [0.25, 0.3) is 5.91 Å². The molecule has 0 unspecified atom stereocenters. The van der Waals surface area contributed by atoms with Gasteiger partial charge in [-0.15, -0.1) is 0 Å². The van der Waals surface area contributed by atoms with Gasteiger partial charge in [0.05, 0.1) is 29.1 Å². The number of ether oxygens (including phenoxy) is 1. The average Bonchev–Trinajstić information content (AvgIpc) is 3.52. The number of hydrogen-bond donors (Lipinski definition) is 2. The summed E-state index contributed by atoms with van der Waals surface area (Å²) < 4.78 is 38.4. The number of nitrogens with zero attached hydrogens (tertiary/aromatic N) is 4. The SMILES string of the molecule is Cn1ncc2ccc(-c3ccc(C(F)(F)C(=O)N[C@H](CN4CCCC4)[C@H](O)c4ccc(OC5CC5)c(Cl)c4)cc3)nc21. The molecule has 2 N–H and O–H groups in total. The highest BCUT2D eigenvalue weighted by atomic mass is 35.5. The molecule has 2 atom stereocenters. The van der Waals surface area contributed by atoms with Gasteiger partial charge in [0, 0.05) is 30.1 Å². The van der Waals surface area contributed by atoms with Crippen LogP contribution in [0.25, 0.3) is 22.3 Å². The summed E-state index contributed by atoms with van der Waals surface area (Å²) in [5.41, 5.74) is 1.87. The van der Waals surface area contributed by atoms with E-state index in [0.29, 0.717) is 33.2 Å². The fourth-order valence-electron chi connectivity index (χ4n) is 5.29. The molecule has 0 bridgehead atoms. The van der Waals surface area contributed by atoms with Crippen molar-refractivity contribution in [3.05, 3.63) is 76.9 Å². The third-order valence-corrected chi connectivity index (χ3v) is 8.17. The average molecular weight is 596 g/mol. The van der Waals surface area contributed by atoms with E-state index < -0.39 is 29.5 Å². The molecular formula is C31H32ClF2N5O3. The van der Waals surface area contributed by atoms with Crippen molar-refractivity contribution < 1.29 is 23.4 Å². The molecule has 1 amide bonds. The molecule has 11 heteroatoms. The van der Waals surface area contributed by atoms with E-state index in [9.17, 15) is 9.90 Å². The molecule has 2 aliphatic rings. The van der Waals surface area contributed by atoms with E-state index in [1.807, 2.05) is 6.07 Å². The topological polar surface area (TPSA) is 92.5 Å². The molecule has 1 saturated heterocycles. The first-order valence-corrected chi connectivity index (χ1v) is 14.5. The van der Waals surface area contributed by atoms with Gasteiger partial charge < -0.3 is 20.1 Å². The molecule has 220 valence electrons. The molecule has 1 saturated carbocycles. The highest BCUT2D eigenvalue weighted by Gasteiger charge is 2.43. The number of rotatable bonds is 10. The normalized spacial score (nSPS) is 17.4. The summed E-state index contributed by atoms with van der Waals surface area (Å²) in [4.78, 5) is 19.7. The van der Waals surface area contributed by atoms with E-state index in [1.165, 1.54) is 24.3 Å². The highest BCUT2D eigenvalue weighted by Crippen LogP contribution is 2.35. The van der Waals surface area contributed by atoms with Crippen molar-refractivity contribution in [1.82, 2.24) is 25.0 Å². The number of carbonyl (C=O) groups excluding carboxylic acids is 1. The number of fused-ring (bicyclic) bond motifs is 1. The van der Waals surface area contributed by atoms with Crippen molar-refractivity contribution in [2.45, 2.75) is 49.9 Å². The molecule has 6 rings (SSSR count). The van der Waals surface area contributed by atoms with Crippen LogP contribution in [0, 0.1) is 0 Å². The monoisotopic (exact) mass is 595 g/mol. The van der Waals surface area contributed by atoms with Crippen molar-refractivity contribution in [1.29, 1.82) is 0 Å². The van der Waals surface area contributed by atoms with Gasteiger partial charge in [0.15, 0.2) is 5.65 Å². The minimum absolute atomic E-state index is 0.151. The molecule has 4 aromatic rings. The first-order valence-electron chi connectivity index (χ1n) is 14.1. The van der Waals surface area contributed by atoms with Crippen LogP contribution in [0.2, 0.25) is 5.02 Å². The van der Waals surface area contributed by atoms with Gasteiger partial charge in [-0.3, -0.25) is 9.48 Å². The molecule has 0 spiro atoms. The Bertz CT molecular complexity index is 1590. The second-order valence-electron chi connectivity index (χ2n) is 11.1. The summed E-state index contributed by atoms with van der Waals surface area (Å²) in [5, 5.41) is 19.1. The smallest absolute Gasteiger partial charge is 0.349 e. The fraction of sp³-hybridized carbons (Fsp3) is 0.387. The zero-order chi connectivity index (χ0) is 29.4. The van der Waals surface area contributed by atoms with Gasteiger partial charge in [0.1, 0.15) is 11.9 Å². The minimum atomic E-state index is -3.83. The van der Waals surface area contributed by atoms with Gasteiger partial charge >= 0.3 is 5.92 Å². The number of pyridine rings is 1. The summed E-state index contributed by atoms with van der Waals surface area (Å²) in [6.07, 6.45) is 4.49. The fourth-order valence-corrected chi connectivity index (χ4v) is 5.52. The predicted molar refractivity (Wildman–Crippen MR) is 156 cm³/mol. The number of likely N-dealkylation sites (tertiary alicyclic amines) is 1. The zero-order valence-electron chi connectivity index (χ0n) is 23.1. The quantitative estimate of drug-likeness (QED) is 0.261. The Hall–Kier alpha value is -3.60. The van der Waals surface area contributed by atoms with Crippen molar-refractivity contribution in [3.63, 3.8) is 0 Å². The summed E-state index contributed by atoms with van der Waals surface area (Å²) in [5.74, 6) is -4.80. The molecule has 2 aromatic heterocycles. The van der Waals surface area contributed by atoms with Crippen molar-refractivity contribution in [2.24, 2.45) is 7.05 Å². The minimum Gasteiger partial charge on any atom is -0.489 e. The third kappa shape index (κ3) is 5.97. The van der Waals surface area contributed by atoms with Crippen LogP contribution in [0.4, 0.5) is 8.78 Å². The van der Waals surface area contributed by atoms with Crippen LogP contribution < -0.4 is 10.1 Å². The maximum atomic E-state index is 15.5. The molecule has 3 heterocycles. The Morgan fingerprint density at radius 2 is 1.88 bits per heavy atom. The second kappa shape index (κ2) is 11.6. The number of alkyl halides is 2. The Labute approximate surface area is 247 Å². The van der Waals surface area contributed by atoms with Crippen LogP contribution in [0.3, 0.4) is 0 Å².